The zero-order valence-corrected chi connectivity index (χ0v) is 16.8. The monoisotopic (exact) mass is 420 g/mol. The van der Waals surface area contributed by atoms with Gasteiger partial charge in [0, 0.05) is 49.7 Å². The summed E-state index contributed by atoms with van der Waals surface area (Å²) in [5.74, 6) is 0.385. The Morgan fingerprint density at radius 2 is 2.03 bits per heavy atom. The fourth-order valence-corrected chi connectivity index (χ4v) is 3.95. The second kappa shape index (κ2) is 8.17. The second-order valence-electron chi connectivity index (χ2n) is 7.50. The summed E-state index contributed by atoms with van der Waals surface area (Å²) < 4.78 is 46.5. The number of alkyl halides is 3. The van der Waals surface area contributed by atoms with Crippen LogP contribution in [0.4, 0.5) is 19.1 Å². The van der Waals surface area contributed by atoms with E-state index in [0.717, 1.165) is 31.0 Å². The van der Waals surface area contributed by atoms with Crippen molar-refractivity contribution in [1.29, 1.82) is 0 Å². The molecule has 3 aromatic rings. The number of aromatic nitrogens is 4. The molecule has 1 N–H and O–H groups in total. The zero-order chi connectivity index (χ0) is 21.3. The van der Waals surface area contributed by atoms with Gasteiger partial charge in [0.15, 0.2) is 0 Å². The van der Waals surface area contributed by atoms with Crippen molar-refractivity contribution in [1.82, 2.24) is 25.0 Å². The Morgan fingerprint density at radius 3 is 2.70 bits per heavy atom. The van der Waals surface area contributed by atoms with E-state index in [1.165, 1.54) is 0 Å². The Kier molecular flexibility index (Phi) is 5.59. The Labute approximate surface area is 171 Å². The van der Waals surface area contributed by atoms with Crippen molar-refractivity contribution in [3.8, 4) is 0 Å². The highest BCUT2D eigenvalue weighted by Gasteiger charge is 2.38. The highest BCUT2D eigenvalue weighted by atomic mass is 19.4. The molecule has 0 bridgehead atoms. The first-order valence-electron chi connectivity index (χ1n) is 9.96. The van der Waals surface area contributed by atoms with Crippen LogP contribution in [0.2, 0.25) is 0 Å². The summed E-state index contributed by atoms with van der Waals surface area (Å²) in [5, 5.41) is 6.90. The van der Waals surface area contributed by atoms with Gasteiger partial charge >= 0.3 is 6.18 Å². The minimum atomic E-state index is -4.49. The van der Waals surface area contributed by atoms with Crippen molar-refractivity contribution < 1.29 is 17.7 Å². The van der Waals surface area contributed by atoms with E-state index in [1.807, 2.05) is 0 Å². The Morgan fingerprint density at radius 1 is 1.27 bits per heavy atom. The maximum atomic E-state index is 13.8. The average molecular weight is 420 g/mol. The quantitative estimate of drug-likeness (QED) is 0.668. The molecule has 1 fully saturated rings. The van der Waals surface area contributed by atoms with E-state index in [-0.39, 0.29) is 17.0 Å². The number of hydrogen-bond donors (Lipinski definition) is 1. The lowest BCUT2D eigenvalue weighted by molar-refractivity contribution is -0.136. The van der Waals surface area contributed by atoms with Crippen LogP contribution in [-0.2, 0) is 19.1 Å². The molecule has 0 spiro atoms. The fraction of sp³-hybridized carbons (Fsp3) is 0.500. The van der Waals surface area contributed by atoms with E-state index < -0.39 is 11.7 Å². The van der Waals surface area contributed by atoms with E-state index in [4.69, 9.17) is 4.52 Å². The van der Waals surface area contributed by atoms with Crippen LogP contribution < -0.4 is 5.32 Å². The van der Waals surface area contributed by atoms with Crippen LogP contribution in [0.3, 0.4) is 0 Å². The third-order valence-electron chi connectivity index (χ3n) is 5.42. The van der Waals surface area contributed by atoms with Gasteiger partial charge in [-0.05, 0) is 31.9 Å². The molecule has 10 heteroatoms. The second-order valence-corrected chi connectivity index (χ2v) is 7.50. The predicted molar refractivity (Wildman–Crippen MR) is 105 cm³/mol. The first kappa shape index (κ1) is 20.5. The van der Waals surface area contributed by atoms with E-state index in [9.17, 15) is 13.2 Å². The molecular weight excluding hydrogens is 397 g/mol. The Hall–Kier alpha value is -2.75. The molecule has 0 radical (unpaired) electrons. The lowest BCUT2D eigenvalue weighted by Gasteiger charge is -2.31. The molecule has 0 aromatic carbocycles. The van der Waals surface area contributed by atoms with Crippen LogP contribution >= 0.6 is 0 Å². The number of nitrogens with one attached hydrogen (secondary N) is 1. The number of nitrogens with zero attached hydrogens (tertiary/aromatic N) is 5. The van der Waals surface area contributed by atoms with Crippen molar-refractivity contribution in [3.63, 3.8) is 0 Å². The minimum Gasteiger partial charge on any atom is -0.357 e. The lowest BCUT2D eigenvalue weighted by Crippen LogP contribution is -2.34. The predicted octanol–water partition coefficient (Wildman–Crippen LogP) is 4.02. The van der Waals surface area contributed by atoms with Crippen molar-refractivity contribution in [3.05, 3.63) is 41.0 Å². The maximum Gasteiger partial charge on any atom is 0.417 e. The number of fused-ring (bicyclic) bond motifs is 1. The molecular formula is C20H23F3N6O. The molecule has 7 nitrogen and oxygen atoms in total. The number of rotatable bonds is 5. The minimum absolute atomic E-state index is 0.00624. The molecule has 4 heterocycles. The summed E-state index contributed by atoms with van der Waals surface area (Å²) >= 11 is 0. The third-order valence-corrected chi connectivity index (χ3v) is 5.42. The molecule has 0 saturated carbocycles. The summed E-state index contributed by atoms with van der Waals surface area (Å²) in [6, 6.07) is 1.12. The zero-order valence-electron chi connectivity index (χ0n) is 16.8. The number of likely N-dealkylation sites (tertiary alicyclic amines) is 1. The van der Waals surface area contributed by atoms with Gasteiger partial charge in [-0.2, -0.15) is 13.2 Å². The van der Waals surface area contributed by atoms with E-state index in [0.29, 0.717) is 36.8 Å². The van der Waals surface area contributed by atoms with Gasteiger partial charge in [-0.25, -0.2) is 15.0 Å². The summed E-state index contributed by atoms with van der Waals surface area (Å²) in [5.41, 5.74) is 0.885. The van der Waals surface area contributed by atoms with Gasteiger partial charge in [0.25, 0.3) is 5.71 Å². The molecule has 30 heavy (non-hydrogen) atoms. The van der Waals surface area contributed by atoms with Gasteiger partial charge in [0.05, 0.1) is 16.6 Å². The first-order chi connectivity index (χ1) is 14.4. The molecule has 160 valence electrons. The SMILES string of the molecule is CCc1cc(C(F)(F)F)c2c([C@H]3CCCN(Cc4cnc(NC)nc4)C3)noc2n1. The van der Waals surface area contributed by atoms with Crippen molar-refractivity contribution >= 4 is 17.0 Å². The molecule has 1 aliphatic heterocycles. The largest absolute Gasteiger partial charge is 0.417 e. The van der Waals surface area contributed by atoms with Crippen LogP contribution in [0.1, 0.15) is 48.2 Å². The molecule has 0 aliphatic carbocycles. The summed E-state index contributed by atoms with van der Waals surface area (Å²) in [6.45, 7) is 3.82. The summed E-state index contributed by atoms with van der Waals surface area (Å²) in [6.07, 6.45) is 1.01. The smallest absolute Gasteiger partial charge is 0.357 e. The standard InChI is InChI=1S/C20H23F3N6O/c1-3-14-7-15(20(21,22)23)16-17(28-30-18(16)27-14)13-5-4-6-29(11-13)10-12-8-25-19(24-2)26-9-12/h7-9,13H,3-6,10-11H2,1-2H3,(H,24,25,26)/t13-/m0/s1. The number of hydrogen-bond acceptors (Lipinski definition) is 7. The average Bonchev–Trinajstić information content (AvgIpc) is 3.17. The topological polar surface area (TPSA) is 80.0 Å². The maximum absolute atomic E-state index is 13.8. The lowest BCUT2D eigenvalue weighted by atomic mass is 9.91. The van der Waals surface area contributed by atoms with Crippen LogP contribution in [-0.4, -0.2) is 45.1 Å². The van der Waals surface area contributed by atoms with Crippen molar-refractivity contribution in [2.75, 3.05) is 25.5 Å². The highest BCUT2D eigenvalue weighted by Crippen LogP contribution is 2.40. The molecule has 0 amide bonds. The Bertz CT molecular complexity index is 1020. The van der Waals surface area contributed by atoms with Crippen LogP contribution in [0.25, 0.3) is 11.1 Å². The molecule has 3 aromatic heterocycles. The number of pyridine rings is 1. The number of aryl methyl sites for hydroxylation is 1. The van der Waals surface area contributed by atoms with Crippen LogP contribution in [0.15, 0.2) is 23.0 Å². The molecule has 1 aliphatic rings. The van der Waals surface area contributed by atoms with Crippen molar-refractivity contribution in [2.24, 2.45) is 0 Å². The number of anilines is 1. The molecule has 1 saturated heterocycles. The number of piperidine rings is 1. The van der Waals surface area contributed by atoms with Gasteiger partial charge in [-0.15, -0.1) is 0 Å². The van der Waals surface area contributed by atoms with Crippen LogP contribution in [0, 0.1) is 0 Å². The van der Waals surface area contributed by atoms with E-state index in [1.54, 1.807) is 26.4 Å². The van der Waals surface area contributed by atoms with Crippen LogP contribution in [0.5, 0.6) is 0 Å². The summed E-state index contributed by atoms with van der Waals surface area (Å²) in [4.78, 5) is 14.8. The van der Waals surface area contributed by atoms with Gasteiger partial charge in [0.2, 0.25) is 5.95 Å². The van der Waals surface area contributed by atoms with Gasteiger partial charge in [-0.1, -0.05) is 12.1 Å². The molecule has 1 atom stereocenters. The molecule has 0 unspecified atom stereocenters. The van der Waals surface area contributed by atoms with Gasteiger partial charge in [-0.3, -0.25) is 4.90 Å². The first-order valence-corrected chi connectivity index (χ1v) is 9.96. The normalized spacial score (nSPS) is 18.1. The van der Waals surface area contributed by atoms with Crippen molar-refractivity contribution in [2.45, 2.75) is 44.8 Å². The van der Waals surface area contributed by atoms with Gasteiger partial charge in [0.1, 0.15) is 0 Å². The van der Waals surface area contributed by atoms with Gasteiger partial charge < -0.3 is 9.84 Å². The Balaban J connectivity index is 1.61. The third kappa shape index (κ3) is 4.09. The molecule has 4 rings (SSSR count). The fourth-order valence-electron chi connectivity index (χ4n) is 3.95. The highest BCUT2D eigenvalue weighted by molar-refractivity contribution is 5.81. The van der Waals surface area contributed by atoms with E-state index >= 15 is 0 Å². The number of halogens is 3. The summed E-state index contributed by atoms with van der Waals surface area (Å²) in [7, 11) is 1.75. The van der Waals surface area contributed by atoms with E-state index in [2.05, 4.69) is 30.3 Å².